The van der Waals surface area contributed by atoms with E-state index in [9.17, 15) is 4.79 Å². The SMILES string of the molecule is CN1C(=O)C(c2ccc(OCCCCCN(C)C3CCCCC3)cc2)Sc2cc(Cl)ccc21. The smallest absolute Gasteiger partial charge is 0.244 e. The third-order valence-corrected chi connectivity index (χ3v) is 8.41. The number of likely N-dealkylation sites (N-methyl/N-ethyl adjacent to an activating group) is 1. The molecule has 2 aromatic rings. The summed E-state index contributed by atoms with van der Waals surface area (Å²) in [7, 11) is 4.11. The summed E-state index contributed by atoms with van der Waals surface area (Å²) in [5.41, 5.74) is 1.90. The number of carbonyl (C=O) groups is 1. The highest BCUT2D eigenvalue weighted by Crippen LogP contribution is 2.47. The van der Waals surface area contributed by atoms with E-state index in [2.05, 4.69) is 11.9 Å². The molecule has 0 N–H and O–H groups in total. The van der Waals surface area contributed by atoms with Crippen LogP contribution in [-0.2, 0) is 4.79 Å². The predicted molar refractivity (Wildman–Crippen MR) is 139 cm³/mol. The van der Waals surface area contributed by atoms with E-state index in [-0.39, 0.29) is 11.2 Å². The molecule has 1 saturated carbocycles. The first kappa shape index (κ1) is 24.4. The monoisotopic (exact) mass is 486 g/mol. The minimum absolute atomic E-state index is 0.0849. The summed E-state index contributed by atoms with van der Waals surface area (Å²) in [4.78, 5) is 18.2. The number of amides is 1. The Morgan fingerprint density at radius 2 is 1.82 bits per heavy atom. The van der Waals surface area contributed by atoms with Crippen molar-refractivity contribution in [1.29, 1.82) is 0 Å². The topological polar surface area (TPSA) is 32.8 Å². The molecule has 1 fully saturated rings. The van der Waals surface area contributed by atoms with Crippen molar-refractivity contribution >= 4 is 35.0 Å². The quantitative estimate of drug-likeness (QED) is 0.358. The van der Waals surface area contributed by atoms with Gasteiger partial charge in [0.25, 0.3) is 0 Å². The van der Waals surface area contributed by atoms with Gasteiger partial charge in [-0.05, 0) is 81.6 Å². The normalized spacial score (nSPS) is 19.1. The number of carbonyl (C=O) groups excluding carboxylic acids is 1. The largest absolute Gasteiger partial charge is 0.494 e. The van der Waals surface area contributed by atoms with E-state index in [0.717, 1.165) is 41.0 Å². The number of hydrogen-bond donors (Lipinski definition) is 0. The average Bonchev–Trinajstić information content (AvgIpc) is 2.84. The molecule has 0 saturated heterocycles. The van der Waals surface area contributed by atoms with Gasteiger partial charge < -0.3 is 14.5 Å². The Morgan fingerprint density at radius 3 is 2.58 bits per heavy atom. The van der Waals surface area contributed by atoms with Crippen molar-refractivity contribution < 1.29 is 9.53 Å². The zero-order chi connectivity index (χ0) is 23.2. The highest BCUT2D eigenvalue weighted by molar-refractivity contribution is 8.00. The van der Waals surface area contributed by atoms with Crippen LogP contribution in [0.2, 0.25) is 5.02 Å². The van der Waals surface area contributed by atoms with E-state index in [4.69, 9.17) is 16.3 Å². The molecular weight excluding hydrogens is 452 g/mol. The lowest BCUT2D eigenvalue weighted by Gasteiger charge is -2.31. The summed E-state index contributed by atoms with van der Waals surface area (Å²) in [5, 5.41) is 0.420. The van der Waals surface area contributed by atoms with Gasteiger partial charge in [0.05, 0.1) is 12.3 Å². The Labute approximate surface area is 207 Å². The van der Waals surface area contributed by atoms with Crippen LogP contribution in [0.25, 0.3) is 0 Å². The van der Waals surface area contributed by atoms with Gasteiger partial charge in [-0.15, -0.1) is 11.8 Å². The second kappa shape index (κ2) is 11.6. The van der Waals surface area contributed by atoms with Gasteiger partial charge in [0.15, 0.2) is 0 Å². The molecule has 1 amide bonds. The molecule has 0 aromatic heterocycles. The highest BCUT2D eigenvalue weighted by atomic mass is 35.5. The molecule has 1 heterocycles. The lowest BCUT2D eigenvalue weighted by atomic mass is 9.94. The summed E-state index contributed by atoms with van der Waals surface area (Å²) in [6.45, 7) is 1.92. The third-order valence-electron chi connectivity index (χ3n) is 6.89. The van der Waals surface area contributed by atoms with E-state index >= 15 is 0 Å². The number of anilines is 1. The van der Waals surface area contributed by atoms with E-state index in [1.165, 1.54) is 51.5 Å². The molecule has 33 heavy (non-hydrogen) atoms. The van der Waals surface area contributed by atoms with Crippen molar-refractivity contribution in [1.82, 2.24) is 4.90 Å². The van der Waals surface area contributed by atoms with Gasteiger partial charge in [-0.2, -0.15) is 0 Å². The van der Waals surface area contributed by atoms with Gasteiger partial charge in [-0.3, -0.25) is 4.79 Å². The van der Waals surface area contributed by atoms with Crippen LogP contribution in [0.1, 0.15) is 62.2 Å². The molecule has 178 valence electrons. The number of fused-ring (bicyclic) bond motifs is 1. The molecular formula is C27H35ClN2O2S. The van der Waals surface area contributed by atoms with Crippen molar-refractivity contribution in [2.45, 2.75) is 67.6 Å². The van der Waals surface area contributed by atoms with Gasteiger partial charge in [0, 0.05) is 23.0 Å². The predicted octanol–water partition coefficient (Wildman–Crippen LogP) is 6.96. The van der Waals surface area contributed by atoms with Gasteiger partial charge in [-0.25, -0.2) is 0 Å². The van der Waals surface area contributed by atoms with Crippen LogP contribution in [0.4, 0.5) is 5.69 Å². The van der Waals surface area contributed by atoms with Crippen LogP contribution in [-0.4, -0.2) is 44.1 Å². The van der Waals surface area contributed by atoms with E-state index in [0.29, 0.717) is 5.02 Å². The molecule has 1 unspecified atom stereocenters. The zero-order valence-corrected chi connectivity index (χ0v) is 21.3. The number of unbranched alkanes of at least 4 members (excludes halogenated alkanes) is 2. The Morgan fingerprint density at radius 1 is 1.06 bits per heavy atom. The third kappa shape index (κ3) is 6.26. The van der Waals surface area contributed by atoms with E-state index < -0.39 is 0 Å². The van der Waals surface area contributed by atoms with Crippen LogP contribution in [0, 0.1) is 0 Å². The number of nitrogens with zero attached hydrogens (tertiary/aromatic N) is 2. The van der Waals surface area contributed by atoms with Crippen molar-refractivity contribution in [2.24, 2.45) is 0 Å². The maximum Gasteiger partial charge on any atom is 0.244 e. The van der Waals surface area contributed by atoms with Crippen LogP contribution in [0.3, 0.4) is 0 Å². The molecule has 4 nitrogen and oxygen atoms in total. The van der Waals surface area contributed by atoms with Crippen molar-refractivity contribution in [3.05, 3.63) is 53.1 Å². The van der Waals surface area contributed by atoms with Crippen LogP contribution < -0.4 is 9.64 Å². The molecule has 4 rings (SSSR count). The maximum absolute atomic E-state index is 12.9. The first-order chi connectivity index (χ1) is 16.0. The number of halogens is 1. The minimum Gasteiger partial charge on any atom is -0.494 e. The standard InChI is InChI=1S/C27H35ClN2O2S/c1-29(22-9-5-3-6-10-22)17-7-4-8-18-32-23-14-11-20(12-15-23)26-27(31)30(2)24-16-13-21(28)19-25(24)33-26/h11-16,19,22,26H,3-10,17-18H2,1-2H3. The Balaban J connectivity index is 1.21. The summed E-state index contributed by atoms with van der Waals surface area (Å²) in [5.74, 6) is 0.949. The van der Waals surface area contributed by atoms with Gasteiger partial charge >= 0.3 is 0 Å². The first-order valence-corrected chi connectivity index (χ1v) is 13.5. The molecule has 2 aromatic carbocycles. The summed E-state index contributed by atoms with van der Waals surface area (Å²) >= 11 is 7.73. The second-order valence-electron chi connectivity index (χ2n) is 9.26. The average molecular weight is 487 g/mol. The van der Waals surface area contributed by atoms with E-state index in [1.54, 1.807) is 16.7 Å². The first-order valence-electron chi connectivity index (χ1n) is 12.2. The van der Waals surface area contributed by atoms with Crippen LogP contribution in [0.5, 0.6) is 5.75 Å². The summed E-state index contributed by atoms with van der Waals surface area (Å²) in [6.07, 6.45) is 10.4. The number of ether oxygens (including phenoxy) is 1. The molecule has 1 aliphatic heterocycles. The van der Waals surface area contributed by atoms with Crippen molar-refractivity contribution in [3.63, 3.8) is 0 Å². The Hall–Kier alpha value is -1.69. The van der Waals surface area contributed by atoms with Crippen molar-refractivity contribution in [2.75, 3.05) is 32.1 Å². The fourth-order valence-corrected chi connectivity index (χ4v) is 6.38. The molecule has 1 aliphatic carbocycles. The Bertz CT molecular complexity index is 930. The summed E-state index contributed by atoms with van der Waals surface area (Å²) < 4.78 is 5.96. The zero-order valence-electron chi connectivity index (χ0n) is 19.8. The van der Waals surface area contributed by atoms with Gasteiger partial charge in [-0.1, -0.05) is 43.0 Å². The summed E-state index contributed by atoms with van der Waals surface area (Å²) in [6, 6.07) is 14.4. The van der Waals surface area contributed by atoms with Crippen LogP contribution >= 0.6 is 23.4 Å². The lowest BCUT2D eigenvalue weighted by molar-refractivity contribution is -0.118. The molecule has 6 heteroatoms. The second-order valence-corrected chi connectivity index (χ2v) is 10.8. The molecule has 0 bridgehead atoms. The van der Waals surface area contributed by atoms with Gasteiger partial charge in [0.2, 0.25) is 5.91 Å². The molecule has 0 spiro atoms. The fraction of sp³-hybridized carbons (Fsp3) is 0.519. The van der Waals surface area contributed by atoms with Crippen LogP contribution in [0.15, 0.2) is 47.4 Å². The molecule has 2 aliphatic rings. The fourth-order valence-electron chi connectivity index (χ4n) is 4.82. The van der Waals surface area contributed by atoms with E-state index in [1.807, 2.05) is 49.5 Å². The Kier molecular flexibility index (Phi) is 8.61. The van der Waals surface area contributed by atoms with Crippen molar-refractivity contribution in [3.8, 4) is 5.75 Å². The minimum atomic E-state index is -0.267. The molecule has 0 radical (unpaired) electrons. The lowest BCUT2D eigenvalue weighted by Crippen LogP contribution is -2.34. The maximum atomic E-state index is 12.9. The number of hydrogen-bond acceptors (Lipinski definition) is 4. The van der Waals surface area contributed by atoms with Gasteiger partial charge in [0.1, 0.15) is 11.0 Å². The molecule has 1 atom stereocenters. The highest BCUT2D eigenvalue weighted by Gasteiger charge is 2.32. The number of benzene rings is 2. The number of thioether (sulfide) groups is 1. The number of rotatable bonds is 9.